The van der Waals surface area contributed by atoms with E-state index < -0.39 is 0 Å². The Balaban J connectivity index is 1.99. The second kappa shape index (κ2) is 5.20. The van der Waals surface area contributed by atoms with Gasteiger partial charge in [0.25, 0.3) is 0 Å². The van der Waals surface area contributed by atoms with Gasteiger partial charge < -0.3 is 0 Å². The SMILES string of the molecule is Clc1ccc(-c2nn(-c3cnccn3)c3ncccc23)cc1. The first-order valence-electron chi connectivity index (χ1n) is 6.69. The highest BCUT2D eigenvalue weighted by Gasteiger charge is 2.14. The minimum absolute atomic E-state index is 0.631. The lowest BCUT2D eigenvalue weighted by Gasteiger charge is -1.99. The molecule has 0 unspecified atom stereocenters. The summed E-state index contributed by atoms with van der Waals surface area (Å²) in [7, 11) is 0. The van der Waals surface area contributed by atoms with Gasteiger partial charge >= 0.3 is 0 Å². The maximum absolute atomic E-state index is 5.96. The van der Waals surface area contributed by atoms with Crippen LogP contribution in [0.25, 0.3) is 28.1 Å². The quantitative estimate of drug-likeness (QED) is 0.568. The molecule has 0 fully saturated rings. The number of nitrogens with zero attached hydrogens (tertiary/aromatic N) is 5. The van der Waals surface area contributed by atoms with E-state index in [1.165, 1.54) is 0 Å². The molecule has 3 aromatic heterocycles. The standard InChI is InChI=1S/C16H10ClN5/c17-12-5-3-11(4-6-12)15-13-2-1-7-20-16(13)22(21-15)14-10-18-8-9-19-14/h1-10H. The Kier molecular flexibility index (Phi) is 3.05. The molecule has 4 rings (SSSR count). The number of benzene rings is 1. The van der Waals surface area contributed by atoms with Crippen LogP contribution in [0.2, 0.25) is 5.02 Å². The molecule has 0 N–H and O–H groups in total. The molecule has 0 aliphatic rings. The van der Waals surface area contributed by atoms with Gasteiger partial charge in [-0.2, -0.15) is 9.78 Å². The molecular formula is C16H10ClN5. The van der Waals surface area contributed by atoms with Crippen molar-refractivity contribution in [2.45, 2.75) is 0 Å². The molecule has 0 atom stereocenters. The summed E-state index contributed by atoms with van der Waals surface area (Å²) in [5.74, 6) is 0.631. The molecular weight excluding hydrogens is 298 g/mol. The number of halogens is 1. The molecule has 0 amide bonds. The van der Waals surface area contributed by atoms with Crippen LogP contribution in [0, 0.1) is 0 Å². The normalized spacial score (nSPS) is 11.0. The lowest BCUT2D eigenvalue weighted by atomic mass is 10.1. The first kappa shape index (κ1) is 12.9. The molecule has 0 radical (unpaired) electrons. The fraction of sp³-hybridized carbons (Fsp3) is 0. The maximum atomic E-state index is 5.96. The lowest BCUT2D eigenvalue weighted by molar-refractivity contribution is 0.856. The van der Waals surface area contributed by atoms with Crippen molar-refractivity contribution in [3.63, 3.8) is 0 Å². The van der Waals surface area contributed by atoms with Crippen LogP contribution in [0.1, 0.15) is 0 Å². The van der Waals surface area contributed by atoms with Crippen LogP contribution in [0.4, 0.5) is 0 Å². The molecule has 3 heterocycles. The van der Waals surface area contributed by atoms with Gasteiger partial charge in [0, 0.05) is 34.6 Å². The number of rotatable bonds is 2. The van der Waals surface area contributed by atoms with E-state index in [4.69, 9.17) is 11.6 Å². The van der Waals surface area contributed by atoms with E-state index in [1.807, 2.05) is 36.4 Å². The third-order valence-corrected chi connectivity index (χ3v) is 3.58. The zero-order chi connectivity index (χ0) is 14.9. The molecule has 0 saturated heterocycles. The summed E-state index contributed by atoms with van der Waals surface area (Å²) in [6.07, 6.45) is 6.66. The molecule has 0 spiro atoms. The van der Waals surface area contributed by atoms with Crippen molar-refractivity contribution in [3.05, 3.63) is 66.2 Å². The van der Waals surface area contributed by atoms with Crippen LogP contribution in [-0.4, -0.2) is 24.7 Å². The van der Waals surface area contributed by atoms with Crippen molar-refractivity contribution in [2.75, 3.05) is 0 Å². The third-order valence-electron chi connectivity index (χ3n) is 3.33. The fourth-order valence-electron chi connectivity index (χ4n) is 2.33. The third kappa shape index (κ3) is 2.12. The molecule has 4 aromatic rings. The van der Waals surface area contributed by atoms with Gasteiger partial charge in [0.15, 0.2) is 11.5 Å². The van der Waals surface area contributed by atoms with Gasteiger partial charge in [-0.05, 0) is 24.3 Å². The monoisotopic (exact) mass is 307 g/mol. The molecule has 106 valence electrons. The van der Waals surface area contributed by atoms with E-state index in [0.717, 1.165) is 22.3 Å². The van der Waals surface area contributed by atoms with Gasteiger partial charge in [-0.25, -0.2) is 9.97 Å². The van der Waals surface area contributed by atoms with Crippen molar-refractivity contribution in [1.29, 1.82) is 0 Å². The Morgan fingerprint density at radius 2 is 1.77 bits per heavy atom. The van der Waals surface area contributed by atoms with E-state index in [-0.39, 0.29) is 0 Å². The Hall–Kier alpha value is -2.79. The number of fused-ring (bicyclic) bond motifs is 1. The molecule has 0 aliphatic heterocycles. The van der Waals surface area contributed by atoms with Crippen LogP contribution in [0.3, 0.4) is 0 Å². The van der Waals surface area contributed by atoms with E-state index in [0.29, 0.717) is 10.8 Å². The smallest absolute Gasteiger partial charge is 0.174 e. The van der Waals surface area contributed by atoms with Gasteiger partial charge in [0.05, 0.1) is 6.20 Å². The van der Waals surface area contributed by atoms with Crippen molar-refractivity contribution in [2.24, 2.45) is 0 Å². The largest absolute Gasteiger partial charge is 0.259 e. The summed E-state index contributed by atoms with van der Waals surface area (Å²) in [4.78, 5) is 12.8. The number of pyridine rings is 1. The van der Waals surface area contributed by atoms with Crippen molar-refractivity contribution in [3.8, 4) is 17.1 Å². The first-order chi connectivity index (χ1) is 10.8. The molecule has 0 aliphatic carbocycles. The van der Waals surface area contributed by atoms with Crippen LogP contribution in [0.5, 0.6) is 0 Å². The Morgan fingerprint density at radius 3 is 2.55 bits per heavy atom. The van der Waals surface area contributed by atoms with E-state index in [1.54, 1.807) is 29.5 Å². The maximum Gasteiger partial charge on any atom is 0.174 e. The molecule has 5 nitrogen and oxygen atoms in total. The Bertz CT molecular complexity index is 932. The van der Waals surface area contributed by atoms with E-state index in [2.05, 4.69) is 20.1 Å². The highest BCUT2D eigenvalue weighted by molar-refractivity contribution is 6.30. The zero-order valence-electron chi connectivity index (χ0n) is 11.4. The van der Waals surface area contributed by atoms with Crippen molar-refractivity contribution in [1.82, 2.24) is 24.7 Å². The minimum Gasteiger partial charge on any atom is -0.259 e. The Morgan fingerprint density at radius 1 is 0.909 bits per heavy atom. The summed E-state index contributed by atoms with van der Waals surface area (Å²) in [5, 5.41) is 6.32. The molecule has 0 saturated carbocycles. The highest BCUT2D eigenvalue weighted by Crippen LogP contribution is 2.28. The molecule has 1 aromatic carbocycles. The summed E-state index contributed by atoms with van der Waals surface area (Å²) in [6.45, 7) is 0. The summed E-state index contributed by atoms with van der Waals surface area (Å²) in [5.41, 5.74) is 2.56. The Labute approximate surface area is 131 Å². The van der Waals surface area contributed by atoms with Crippen LogP contribution < -0.4 is 0 Å². The van der Waals surface area contributed by atoms with Crippen LogP contribution in [-0.2, 0) is 0 Å². The van der Waals surface area contributed by atoms with Gasteiger partial charge in [0.1, 0.15) is 5.69 Å². The fourth-order valence-corrected chi connectivity index (χ4v) is 2.46. The summed E-state index contributed by atoms with van der Waals surface area (Å²) < 4.78 is 1.70. The lowest BCUT2D eigenvalue weighted by Crippen LogP contribution is -2.00. The van der Waals surface area contributed by atoms with E-state index >= 15 is 0 Å². The van der Waals surface area contributed by atoms with Gasteiger partial charge in [-0.3, -0.25) is 4.98 Å². The van der Waals surface area contributed by atoms with Crippen molar-refractivity contribution >= 4 is 22.6 Å². The minimum atomic E-state index is 0.631. The molecule has 22 heavy (non-hydrogen) atoms. The average molecular weight is 308 g/mol. The zero-order valence-corrected chi connectivity index (χ0v) is 12.1. The van der Waals surface area contributed by atoms with Crippen LogP contribution in [0.15, 0.2) is 61.2 Å². The average Bonchev–Trinajstić information content (AvgIpc) is 2.96. The summed E-state index contributed by atoms with van der Waals surface area (Å²) in [6, 6.07) is 11.5. The van der Waals surface area contributed by atoms with E-state index in [9.17, 15) is 0 Å². The van der Waals surface area contributed by atoms with Crippen molar-refractivity contribution < 1.29 is 0 Å². The predicted octanol–water partition coefficient (Wildman–Crippen LogP) is 3.53. The molecule has 0 bridgehead atoms. The number of hydrogen-bond donors (Lipinski definition) is 0. The molecule has 6 heteroatoms. The first-order valence-corrected chi connectivity index (χ1v) is 7.07. The van der Waals surface area contributed by atoms with Gasteiger partial charge in [0.2, 0.25) is 0 Å². The topological polar surface area (TPSA) is 56.5 Å². The predicted molar refractivity (Wildman–Crippen MR) is 84.9 cm³/mol. The second-order valence-electron chi connectivity index (χ2n) is 4.71. The number of aromatic nitrogens is 5. The van der Waals surface area contributed by atoms with Gasteiger partial charge in [-0.15, -0.1) is 0 Å². The van der Waals surface area contributed by atoms with Crippen LogP contribution >= 0.6 is 11.6 Å². The summed E-state index contributed by atoms with van der Waals surface area (Å²) >= 11 is 5.96. The highest BCUT2D eigenvalue weighted by atomic mass is 35.5. The number of hydrogen-bond acceptors (Lipinski definition) is 4. The van der Waals surface area contributed by atoms with Gasteiger partial charge in [-0.1, -0.05) is 23.7 Å². The second-order valence-corrected chi connectivity index (χ2v) is 5.14.